The molecule has 2 rings (SSSR count). The molecule has 0 aliphatic rings. The molecule has 0 fully saturated rings. The molecule has 8 heteroatoms. The van der Waals surface area contributed by atoms with Gasteiger partial charge in [-0.3, -0.25) is 4.79 Å². The Hall–Kier alpha value is -1.34. The summed E-state index contributed by atoms with van der Waals surface area (Å²) in [5, 5.41) is 1.73. The molecule has 126 valence electrons. The standard InChI is InChI=1S/C16H12BrCl2NO3S/c1-10-2-8-13(9-3-10)24(22,23)16(14(18)19)20-15(21)11-4-6-12(17)7-5-11/h2-9H,1H3,(H,20,21). The fourth-order valence-electron chi connectivity index (χ4n) is 1.83. The predicted molar refractivity (Wildman–Crippen MR) is 98.7 cm³/mol. The van der Waals surface area contributed by atoms with Crippen molar-refractivity contribution in [2.24, 2.45) is 0 Å². The number of benzene rings is 2. The third kappa shape index (κ3) is 4.39. The number of halogens is 3. The number of sulfone groups is 1. The van der Waals surface area contributed by atoms with Crippen LogP contribution < -0.4 is 5.32 Å². The zero-order chi connectivity index (χ0) is 17.9. The second-order valence-corrected chi connectivity index (χ2v) is 8.62. The van der Waals surface area contributed by atoms with Crippen molar-refractivity contribution in [1.82, 2.24) is 5.32 Å². The van der Waals surface area contributed by atoms with Crippen LogP contribution in [0.3, 0.4) is 0 Å². The maximum atomic E-state index is 12.7. The van der Waals surface area contributed by atoms with Gasteiger partial charge in [0.1, 0.15) is 4.49 Å². The molecule has 0 unspecified atom stereocenters. The van der Waals surface area contributed by atoms with Crippen molar-refractivity contribution in [3.8, 4) is 0 Å². The molecule has 2 aromatic rings. The monoisotopic (exact) mass is 447 g/mol. The van der Waals surface area contributed by atoms with Gasteiger partial charge in [0, 0.05) is 10.0 Å². The molecule has 24 heavy (non-hydrogen) atoms. The molecule has 0 bridgehead atoms. The van der Waals surface area contributed by atoms with Gasteiger partial charge in [-0.1, -0.05) is 56.8 Å². The van der Waals surface area contributed by atoms with Crippen LogP contribution in [0.5, 0.6) is 0 Å². The van der Waals surface area contributed by atoms with Gasteiger partial charge in [-0.25, -0.2) is 8.42 Å². The van der Waals surface area contributed by atoms with E-state index in [4.69, 9.17) is 23.2 Å². The molecule has 0 aromatic heterocycles. The topological polar surface area (TPSA) is 63.2 Å². The maximum absolute atomic E-state index is 12.7. The van der Waals surface area contributed by atoms with Gasteiger partial charge in [-0.2, -0.15) is 0 Å². The predicted octanol–water partition coefficient (Wildman–Crippen LogP) is 4.57. The Morgan fingerprint density at radius 3 is 2.04 bits per heavy atom. The van der Waals surface area contributed by atoms with E-state index in [1.165, 1.54) is 24.3 Å². The molecule has 1 amide bonds. The highest BCUT2D eigenvalue weighted by Crippen LogP contribution is 2.25. The average molecular weight is 449 g/mol. The maximum Gasteiger partial charge on any atom is 0.256 e. The summed E-state index contributed by atoms with van der Waals surface area (Å²) in [6, 6.07) is 12.5. The Morgan fingerprint density at radius 2 is 1.54 bits per heavy atom. The zero-order valence-corrected chi connectivity index (χ0v) is 16.3. The highest BCUT2D eigenvalue weighted by Gasteiger charge is 2.26. The SMILES string of the molecule is Cc1ccc(S(=O)(=O)C(NC(=O)c2ccc(Br)cc2)=C(Cl)Cl)cc1. The van der Waals surface area contributed by atoms with Gasteiger partial charge in [-0.15, -0.1) is 0 Å². The van der Waals surface area contributed by atoms with E-state index in [0.29, 0.717) is 0 Å². The molecule has 0 saturated heterocycles. The fourth-order valence-corrected chi connectivity index (χ4v) is 3.96. The largest absolute Gasteiger partial charge is 0.310 e. The van der Waals surface area contributed by atoms with E-state index in [-0.39, 0.29) is 10.5 Å². The number of carbonyl (C=O) groups excluding carboxylic acids is 1. The molecule has 4 nitrogen and oxygen atoms in total. The molecule has 0 spiro atoms. The summed E-state index contributed by atoms with van der Waals surface area (Å²) in [6.07, 6.45) is 0. The third-order valence-corrected chi connectivity index (χ3v) is 5.97. The molecule has 0 aliphatic heterocycles. The number of hydrogen-bond donors (Lipinski definition) is 1. The van der Waals surface area contributed by atoms with E-state index in [1.807, 2.05) is 6.92 Å². The summed E-state index contributed by atoms with van der Waals surface area (Å²) in [4.78, 5) is 12.2. The van der Waals surface area contributed by atoms with E-state index >= 15 is 0 Å². The summed E-state index contributed by atoms with van der Waals surface area (Å²) in [5.74, 6) is -0.632. The minimum absolute atomic E-state index is 0.0157. The summed E-state index contributed by atoms with van der Waals surface area (Å²) in [7, 11) is -4.05. The molecule has 0 atom stereocenters. The van der Waals surface area contributed by atoms with Crippen molar-refractivity contribution in [1.29, 1.82) is 0 Å². The summed E-state index contributed by atoms with van der Waals surface area (Å²) in [5.41, 5.74) is 1.17. The van der Waals surface area contributed by atoms with Gasteiger partial charge in [0.05, 0.1) is 4.90 Å². The van der Waals surface area contributed by atoms with Gasteiger partial charge in [0.25, 0.3) is 5.91 Å². The molecular weight excluding hydrogens is 437 g/mol. The second kappa shape index (κ2) is 7.70. The van der Waals surface area contributed by atoms with Crippen LogP contribution in [0.1, 0.15) is 15.9 Å². The van der Waals surface area contributed by atoms with Crippen molar-refractivity contribution in [2.75, 3.05) is 0 Å². The van der Waals surface area contributed by atoms with E-state index in [9.17, 15) is 13.2 Å². The second-order valence-electron chi connectivity index (χ2n) is 4.87. The Morgan fingerprint density at radius 1 is 1.00 bits per heavy atom. The van der Waals surface area contributed by atoms with E-state index in [1.54, 1.807) is 24.3 Å². The molecule has 1 N–H and O–H groups in total. The molecule has 0 radical (unpaired) electrons. The summed E-state index contributed by atoms with van der Waals surface area (Å²) < 4.78 is 25.6. The van der Waals surface area contributed by atoms with Crippen LogP contribution in [0.25, 0.3) is 0 Å². The molecule has 0 saturated carbocycles. The smallest absolute Gasteiger partial charge is 0.256 e. The number of amides is 1. The minimum atomic E-state index is -4.05. The van der Waals surface area contributed by atoms with Crippen molar-refractivity contribution >= 4 is 54.9 Å². The molecule has 0 aliphatic carbocycles. The number of rotatable bonds is 4. The van der Waals surface area contributed by atoms with Gasteiger partial charge in [0.15, 0.2) is 5.03 Å². The number of hydrogen-bond acceptors (Lipinski definition) is 3. The Kier molecular flexibility index (Phi) is 6.09. The summed E-state index contributed by atoms with van der Waals surface area (Å²) >= 11 is 14.7. The first-order valence-electron chi connectivity index (χ1n) is 6.66. The first-order chi connectivity index (χ1) is 11.2. The Bertz CT molecular complexity index is 888. The first-order valence-corrected chi connectivity index (χ1v) is 9.69. The van der Waals surface area contributed by atoms with Gasteiger partial charge in [-0.05, 0) is 43.3 Å². The van der Waals surface area contributed by atoms with Gasteiger partial charge < -0.3 is 5.32 Å². The lowest BCUT2D eigenvalue weighted by atomic mass is 10.2. The number of aryl methyl sites for hydroxylation is 1. The van der Waals surface area contributed by atoms with Crippen LogP contribution in [0.4, 0.5) is 0 Å². The van der Waals surface area contributed by atoms with E-state index in [0.717, 1.165) is 10.0 Å². The van der Waals surface area contributed by atoms with Crippen molar-refractivity contribution < 1.29 is 13.2 Å². The normalized spacial score (nSPS) is 11.0. The number of carbonyl (C=O) groups is 1. The van der Waals surface area contributed by atoms with Crippen molar-refractivity contribution in [3.05, 3.63) is 73.7 Å². The van der Waals surface area contributed by atoms with Crippen LogP contribution in [0, 0.1) is 6.92 Å². The molecule has 0 heterocycles. The Labute approximate surface area is 158 Å². The summed E-state index contributed by atoms with van der Waals surface area (Å²) in [6.45, 7) is 1.83. The first kappa shape index (κ1) is 19.0. The Balaban J connectivity index is 2.36. The van der Waals surface area contributed by atoms with Gasteiger partial charge in [0.2, 0.25) is 9.84 Å². The van der Waals surface area contributed by atoms with Crippen molar-refractivity contribution in [2.45, 2.75) is 11.8 Å². The quantitative estimate of drug-likeness (QED) is 0.745. The van der Waals surface area contributed by atoms with Crippen molar-refractivity contribution in [3.63, 3.8) is 0 Å². The van der Waals surface area contributed by atoms with Crippen LogP contribution >= 0.6 is 39.1 Å². The lowest BCUT2D eigenvalue weighted by molar-refractivity contribution is 0.0968. The lowest BCUT2D eigenvalue weighted by Gasteiger charge is -2.12. The van der Waals surface area contributed by atoms with E-state index < -0.39 is 25.3 Å². The minimum Gasteiger partial charge on any atom is -0.310 e. The highest BCUT2D eigenvalue weighted by molar-refractivity contribution is 9.10. The average Bonchev–Trinajstić information content (AvgIpc) is 2.53. The fraction of sp³-hybridized carbons (Fsp3) is 0.0625. The molecular formula is C16H12BrCl2NO3S. The molecule has 2 aromatic carbocycles. The van der Waals surface area contributed by atoms with Gasteiger partial charge >= 0.3 is 0 Å². The zero-order valence-electron chi connectivity index (χ0n) is 12.4. The van der Waals surface area contributed by atoms with Crippen LogP contribution in [-0.2, 0) is 9.84 Å². The van der Waals surface area contributed by atoms with E-state index in [2.05, 4.69) is 21.2 Å². The number of nitrogens with one attached hydrogen (secondary N) is 1. The van der Waals surface area contributed by atoms with Crippen LogP contribution in [-0.4, -0.2) is 14.3 Å². The lowest BCUT2D eigenvalue weighted by Crippen LogP contribution is -2.28. The third-order valence-electron chi connectivity index (χ3n) is 3.11. The van der Waals surface area contributed by atoms with Crippen LogP contribution in [0.2, 0.25) is 0 Å². The highest BCUT2D eigenvalue weighted by atomic mass is 79.9. The van der Waals surface area contributed by atoms with Crippen LogP contribution in [0.15, 0.2) is 67.4 Å².